The van der Waals surface area contributed by atoms with Gasteiger partial charge in [-0.2, -0.15) is 0 Å². The van der Waals surface area contributed by atoms with Crippen molar-refractivity contribution in [3.63, 3.8) is 0 Å². The number of carbonyl (C=O) groups excluding carboxylic acids is 3. The molecule has 26 heavy (non-hydrogen) atoms. The average molecular weight is 363 g/mol. The second-order valence-electron chi connectivity index (χ2n) is 7.02. The summed E-state index contributed by atoms with van der Waals surface area (Å²) in [6, 6.07) is 6.00. The lowest BCUT2D eigenvalue weighted by Gasteiger charge is -2.28. The highest BCUT2D eigenvalue weighted by Gasteiger charge is 2.50. The predicted octanol–water partition coefficient (Wildman–Crippen LogP) is 2.88. The van der Waals surface area contributed by atoms with E-state index < -0.39 is 35.5 Å². The Labute approximate surface area is 153 Å². The number of hydrogen-bond acceptors (Lipinski definition) is 6. The van der Waals surface area contributed by atoms with Gasteiger partial charge in [0.05, 0.1) is 13.7 Å². The van der Waals surface area contributed by atoms with E-state index in [0.29, 0.717) is 5.75 Å². The number of carbonyl (C=O) groups is 3. The SMILES string of the molecule is CCOC(=O)[C@@H]1[C@@H](c2ccc(OC)cc2)CC(=O)N1C(=O)OC(C)(C)C. The Kier molecular flexibility index (Phi) is 5.90. The Balaban J connectivity index is 2.37. The normalized spacial score (nSPS) is 20.0. The Morgan fingerprint density at radius 3 is 2.31 bits per heavy atom. The van der Waals surface area contributed by atoms with Crippen LogP contribution in [0.5, 0.6) is 5.75 Å². The number of methoxy groups -OCH3 is 1. The molecule has 0 bridgehead atoms. The largest absolute Gasteiger partial charge is 0.497 e. The van der Waals surface area contributed by atoms with Crippen molar-refractivity contribution < 1.29 is 28.6 Å². The maximum absolute atomic E-state index is 12.5. The lowest BCUT2D eigenvalue weighted by atomic mass is 9.91. The molecule has 0 aliphatic carbocycles. The quantitative estimate of drug-likeness (QED) is 0.765. The van der Waals surface area contributed by atoms with Crippen LogP contribution in [0, 0.1) is 0 Å². The van der Waals surface area contributed by atoms with Crippen molar-refractivity contribution in [1.29, 1.82) is 0 Å². The van der Waals surface area contributed by atoms with Crippen LogP contribution in [0.3, 0.4) is 0 Å². The Bertz CT molecular complexity index is 676. The lowest BCUT2D eigenvalue weighted by molar-refractivity contribution is -0.151. The molecule has 1 aliphatic rings. The third-order valence-electron chi connectivity index (χ3n) is 3.98. The van der Waals surface area contributed by atoms with Crippen LogP contribution < -0.4 is 4.74 Å². The van der Waals surface area contributed by atoms with Gasteiger partial charge < -0.3 is 14.2 Å². The number of imide groups is 1. The molecule has 0 unspecified atom stereocenters. The first kappa shape index (κ1) is 19.8. The van der Waals surface area contributed by atoms with Crippen LogP contribution in [0.25, 0.3) is 0 Å². The molecule has 1 saturated heterocycles. The molecular formula is C19H25NO6. The minimum absolute atomic E-state index is 0.0229. The Hall–Kier alpha value is -2.57. The molecule has 0 saturated carbocycles. The number of nitrogens with zero attached hydrogens (tertiary/aromatic N) is 1. The van der Waals surface area contributed by atoms with Crippen LogP contribution in [-0.2, 0) is 19.1 Å². The molecule has 0 radical (unpaired) electrons. The van der Waals surface area contributed by atoms with Crippen molar-refractivity contribution in [2.24, 2.45) is 0 Å². The fraction of sp³-hybridized carbons (Fsp3) is 0.526. The summed E-state index contributed by atoms with van der Waals surface area (Å²) in [7, 11) is 1.56. The number of esters is 1. The summed E-state index contributed by atoms with van der Waals surface area (Å²) >= 11 is 0. The van der Waals surface area contributed by atoms with Crippen LogP contribution in [0.15, 0.2) is 24.3 Å². The molecule has 2 amide bonds. The zero-order chi connectivity index (χ0) is 19.5. The number of likely N-dealkylation sites (tertiary alicyclic amines) is 1. The highest BCUT2D eigenvalue weighted by Crippen LogP contribution is 2.36. The molecule has 1 aromatic carbocycles. The summed E-state index contributed by atoms with van der Waals surface area (Å²) in [5.41, 5.74) is -0.0299. The van der Waals surface area contributed by atoms with E-state index in [2.05, 4.69) is 0 Å². The molecule has 7 heteroatoms. The summed E-state index contributed by atoms with van der Waals surface area (Å²) in [5.74, 6) is -0.919. The topological polar surface area (TPSA) is 82.1 Å². The first-order valence-electron chi connectivity index (χ1n) is 8.53. The van der Waals surface area contributed by atoms with Crippen LogP contribution in [0.2, 0.25) is 0 Å². The maximum Gasteiger partial charge on any atom is 0.417 e. The zero-order valence-electron chi connectivity index (χ0n) is 15.8. The number of benzene rings is 1. The third-order valence-corrected chi connectivity index (χ3v) is 3.98. The summed E-state index contributed by atoms with van der Waals surface area (Å²) < 4.78 is 15.6. The van der Waals surface area contributed by atoms with Crippen molar-refractivity contribution in [2.75, 3.05) is 13.7 Å². The number of hydrogen-bond donors (Lipinski definition) is 0. The van der Waals surface area contributed by atoms with Gasteiger partial charge in [0.2, 0.25) is 5.91 Å². The van der Waals surface area contributed by atoms with Gasteiger partial charge in [-0.3, -0.25) is 4.79 Å². The highest BCUT2D eigenvalue weighted by atomic mass is 16.6. The minimum Gasteiger partial charge on any atom is -0.497 e. The molecule has 2 rings (SSSR count). The predicted molar refractivity (Wildman–Crippen MR) is 93.9 cm³/mol. The molecule has 7 nitrogen and oxygen atoms in total. The van der Waals surface area contributed by atoms with Crippen LogP contribution >= 0.6 is 0 Å². The average Bonchev–Trinajstić information content (AvgIpc) is 2.91. The molecule has 142 valence electrons. The first-order valence-corrected chi connectivity index (χ1v) is 8.53. The summed E-state index contributed by atoms with van der Waals surface area (Å²) in [5, 5.41) is 0. The van der Waals surface area contributed by atoms with E-state index in [4.69, 9.17) is 14.2 Å². The van der Waals surface area contributed by atoms with E-state index in [1.54, 1.807) is 59.1 Å². The Morgan fingerprint density at radius 2 is 1.81 bits per heavy atom. The van der Waals surface area contributed by atoms with Gasteiger partial charge >= 0.3 is 12.1 Å². The van der Waals surface area contributed by atoms with Gasteiger partial charge in [0, 0.05) is 12.3 Å². The van der Waals surface area contributed by atoms with Crippen molar-refractivity contribution >= 4 is 18.0 Å². The van der Waals surface area contributed by atoms with Gasteiger partial charge in [-0.05, 0) is 45.4 Å². The standard InChI is InChI=1S/C19H25NO6/c1-6-25-17(22)16-14(12-7-9-13(24-5)10-8-12)11-15(21)20(16)18(23)26-19(2,3)4/h7-10,14,16H,6,11H2,1-5H3/t14-,16+/m1/s1. The smallest absolute Gasteiger partial charge is 0.417 e. The molecule has 1 aromatic rings. The monoisotopic (exact) mass is 363 g/mol. The molecule has 1 fully saturated rings. The van der Waals surface area contributed by atoms with E-state index in [1.165, 1.54) is 0 Å². The Morgan fingerprint density at radius 1 is 1.19 bits per heavy atom. The van der Waals surface area contributed by atoms with Gasteiger partial charge in [0.15, 0.2) is 0 Å². The van der Waals surface area contributed by atoms with E-state index >= 15 is 0 Å². The van der Waals surface area contributed by atoms with E-state index in [-0.39, 0.29) is 13.0 Å². The van der Waals surface area contributed by atoms with E-state index in [9.17, 15) is 14.4 Å². The molecule has 2 atom stereocenters. The van der Waals surface area contributed by atoms with Crippen molar-refractivity contribution in [2.45, 2.75) is 51.7 Å². The van der Waals surface area contributed by atoms with Crippen LogP contribution in [0.4, 0.5) is 4.79 Å². The van der Waals surface area contributed by atoms with Crippen molar-refractivity contribution in [3.8, 4) is 5.75 Å². The minimum atomic E-state index is -1.05. The highest BCUT2D eigenvalue weighted by molar-refractivity contribution is 6.01. The van der Waals surface area contributed by atoms with Crippen LogP contribution in [0.1, 0.15) is 45.6 Å². The second kappa shape index (κ2) is 7.76. The molecule has 1 aliphatic heterocycles. The fourth-order valence-corrected chi connectivity index (χ4v) is 2.91. The second-order valence-corrected chi connectivity index (χ2v) is 7.02. The molecular weight excluding hydrogens is 338 g/mol. The van der Waals surface area contributed by atoms with Gasteiger partial charge in [0.1, 0.15) is 17.4 Å². The van der Waals surface area contributed by atoms with Gasteiger partial charge in [0.25, 0.3) is 0 Å². The van der Waals surface area contributed by atoms with Gasteiger partial charge in [-0.1, -0.05) is 12.1 Å². The van der Waals surface area contributed by atoms with Crippen molar-refractivity contribution in [1.82, 2.24) is 4.90 Å². The number of amides is 2. The molecule has 0 spiro atoms. The van der Waals surface area contributed by atoms with Crippen LogP contribution in [-0.4, -0.2) is 48.2 Å². The van der Waals surface area contributed by atoms with Gasteiger partial charge in [-0.15, -0.1) is 0 Å². The van der Waals surface area contributed by atoms with E-state index in [0.717, 1.165) is 10.5 Å². The molecule has 0 N–H and O–H groups in total. The lowest BCUT2D eigenvalue weighted by Crippen LogP contribution is -2.47. The van der Waals surface area contributed by atoms with Crippen molar-refractivity contribution in [3.05, 3.63) is 29.8 Å². The van der Waals surface area contributed by atoms with E-state index in [1.807, 2.05) is 0 Å². The molecule has 0 aromatic heterocycles. The summed E-state index contributed by atoms with van der Waals surface area (Å²) in [6.45, 7) is 6.93. The van der Waals surface area contributed by atoms with Gasteiger partial charge in [-0.25, -0.2) is 14.5 Å². The zero-order valence-corrected chi connectivity index (χ0v) is 15.8. The number of rotatable bonds is 4. The fourth-order valence-electron chi connectivity index (χ4n) is 2.91. The molecule has 1 heterocycles. The first-order chi connectivity index (χ1) is 12.2. The maximum atomic E-state index is 12.5. The summed E-state index contributed by atoms with van der Waals surface area (Å²) in [6.07, 6.45) is -0.814. The third kappa shape index (κ3) is 4.33. The number of ether oxygens (including phenoxy) is 3. The summed E-state index contributed by atoms with van der Waals surface area (Å²) in [4.78, 5) is 38.5.